The number of hydrogen-bond donors (Lipinski definition) is 1. The largest absolute Gasteiger partial charge is 0.497 e. The summed E-state index contributed by atoms with van der Waals surface area (Å²) in [6, 6.07) is 14.5. The Kier molecular flexibility index (Phi) is 8.22. The fraction of sp³-hybridized carbons (Fsp3) is 0.370. The molecule has 2 heterocycles. The van der Waals surface area contributed by atoms with Gasteiger partial charge < -0.3 is 24.1 Å². The summed E-state index contributed by atoms with van der Waals surface area (Å²) in [4.78, 5) is 19.5. The van der Waals surface area contributed by atoms with E-state index in [1.807, 2.05) is 69.3 Å². The van der Waals surface area contributed by atoms with Crippen molar-refractivity contribution in [1.29, 1.82) is 0 Å². The van der Waals surface area contributed by atoms with Gasteiger partial charge in [0.05, 0.1) is 25.3 Å². The van der Waals surface area contributed by atoms with Gasteiger partial charge in [-0.15, -0.1) is 0 Å². The second-order valence-corrected chi connectivity index (χ2v) is 8.24. The van der Waals surface area contributed by atoms with Crippen molar-refractivity contribution < 1.29 is 23.5 Å². The number of aromatic nitrogens is 2. The smallest absolute Gasteiger partial charge is 0.322 e. The van der Waals surface area contributed by atoms with Crippen LogP contribution < -0.4 is 14.8 Å². The van der Waals surface area contributed by atoms with E-state index in [2.05, 4.69) is 10.5 Å². The lowest BCUT2D eigenvalue weighted by atomic mass is 9.94. The maximum Gasteiger partial charge on any atom is 0.322 e. The third-order valence-corrected chi connectivity index (χ3v) is 5.98. The Morgan fingerprint density at radius 3 is 2.61 bits per heavy atom. The van der Waals surface area contributed by atoms with E-state index in [9.17, 15) is 4.79 Å². The van der Waals surface area contributed by atoms with Crippen molar-refractivity contribution in [3.8, 4) is 22.9 Å². The molecule has 1 aromatic heterocycles. The van der Waals surface area contributed by atoms with E-state index in [1.165, 1.54) is 0 Å². The van der Waals surface area contributed by atoms with Gasteiger partial charge in [0.25, 0.3) is 5.89 Å². The first kappa shape index (κ1) is 25.2. The highest BCUT2D eigenvalue weighted by Crippen LogP contribution is 2.38. The van der Waals surface area contributed by atoms with Crippen molar-refractivity contribution in [1.82, 2.24) is 20.4 Å². The molecule has 0 aliphatic carbocycles. The highest BCUT2D eigenvalue weighted by Gasteiger charge is 2.35. The summed E-state index contributed by atoms with van der Waals surface area (Å²) < 4.78 is 22.1. The quantitative estimate of drug-likeness (QED) is 0.373. The summed E-state index contributed by atoms with van der Waals surface area (Å²) in [6.45, 7) is 8.10. The van der Waals surface area contributed by atoms with E-state index in [-0.39, 0.29) is 6.03 Å². The fourth-order valence-electron chi connectivity index (χ4n) is 4.18. The van der Waals surface area contributed by atoms with Crippen molar-refractivity contribution in [2.45, 2.75) is 33.2 Å². The van der Waals surface area contributed by atoms with Crippen LogP contribution in [-0.2, 0) is 4.74 Å². The van der Waals surface area contributed by atoms with E-state index in [1.54, 1.807) is 12.0 Å². The molecule has 3 aromatic rings. The van der Waals surface area contributed by atoms with Crippen molar-refractivity contribution in [2.24, 2.45) is 0 Å². The number of allylic oxidation sites excluding steroid dienone is 1. The number of amides is 2. The van der Waals surface area contributed by atoms with Crippen LogP contribution in [0.15, 0.2) is 58.8 Å². The molecular weight excluding hydrogens is 460 g/mol. The molecule has 1 aliphatic rings. The molecule has 1 unspecified atom stereocenters. The molecule has 0 saturated carbocycles. The number of urea groups is 1. The maximum absolute atomic E-state index is 13.1. The van der Waals surface area contributed by atoms with Crippen LogP contribution in [0.1, 0.15) is 44.7 Å². The van der Waals surface area contributed by atoms with E-state index in [4.69, 9.17) is 23.7 Å². The normalized spacial score (nSPS) is 15.7. The molecule has 1 aliphatic heterocycles. The van der Waals surface area contributed by atoms with Crippen LogP contribution in [-0.4, -0.2) is 54.5 Å². The van der Waals surface area contributed by atoms with Gasteiger partial charge in [0.1, 0.15) is 11.5 Å². The van der Waals surface area contributed by atoms with Crippen molar-refractivity contribution >= 4 is 11.6 Å². The lowest BCUT2D eigenvalue weighted by Gasteiger charge is -2.35. The molecular formula is C27H32N4O5. The minimum absolute atomic E-state index is 0.181. The predicted molar refractivity (Wildman–Crippen MR) is 136 cm³/mol. The van der Waals surface area contributed by atoms with Crippen molar-refractivity contribution in [3.63, 3.8) is 0 Å². The minimum atomic E-state index is -0.463. The average Bonchev–Trinajstić information content (AvgIpc) is 3.38. The molecule has 9 heteroatoms. The van der Waals surface area contributed by atoms with E-state index in [0.29, 0.717) is 50.3 Å². The zero-order valence-corrected chi connectivity index (χ0v) is 21.1. The summed E-state index contributed by atoms with van der Waals surface area (Å²) in [5, 5.41) is 7.34. The number of nitrogens with zero attached hydrogens (tertiary/aromatic N) is 3. The molecule has 4 rings (SSSR count). The number of benzene rings is 2. The Morgan fingerprint density at radius 1 is 1.08 bits per heavy atom. The molecule has 2 amide bonds. The van der Waals surface area contributed by atoms with Crippen molar-refractivity contribution in [2.75, 3.05) is 33.5 Å². The lowest BCUT2D eigenvalue weighted by molar-refractivity contribution is 0.136. The molecule has 0 radical (unpaired) electrons. The Labute approximate surface area is 211 Å². The van der Waals surface area contributed by atoms with Crippen LogP contribution in [0.2, 0.25) is 0 Å². The molecule has 0 saturated heterocycles. The molecule has 190 valence electrons. The van der Waals surface area contributed by atoms with Crippen LogP contribution in [0.25, 0.3) is 17.0 Å². The van der Waals surface area contributed by atoms with Crippen molar-refractivity contribution in [3.05, 3.63) is 65.7 Å². The molecule has 0 spiro atoms. The van der Waals surface area contributed by atoms with Crippen LogP contribution in [0.3, 0.4) is 0 Å². The van der Waals surface area contributed by atoms with Crippen LogP contribution in [0.4, 0.5) is 4.79 Å². The lowest BCUT2D eigenvalue weighted by Crippen LogP contribution is -2.46. The monoisotopic (exact) mass is 492 g/mol. The van der Waals surface area contributed by atoms with E-state index >= 15 is 0 Å². The van der Waals surface area contributed by atoms with Gasteiger partial charge in [-0.2, -0.15) is 4.98 Å². The first-order valence-electron chi connectivity index (χ1n) is 12.1. The number of carbonyl (C=O) groups excluding carboxylic acids is 1. The molecule has 9 nitrogen and oxygen atoms in total. The van der Waals surface area contributed by atoms with Gasteiger partial charge in [0.15, 0.2) is 0 Å². The van der Waals surface area contributed by atoms with Gasteiger partial charge in [0.2, 0.25) is 5.82 Å². The Balaban J connectivity index is 1.72. The standard InChI is InChI=1S/C27H32N4O5/c1-5-34-16-8-15-31-18(3)23(24(28-27(31)32)19-11-13-21(14-12-19)35-6-2)26-29-25(30-36-26)20-9-7-10-22(17-20)33-4/h7,9-14,17,24H,5-6,8,15-16H2,1-4H3,(H,28,32). The molecule has 0 fully saturated rings. The molecule has 0 bridgehead atoms. The Bertz CT molecular complexity index is 1200. The van der Waals surface area contributed by atoms with E-state index in [0.717, 1.165) is 28.1 Å². The fourth-order valence-corrected chi connectivity index (χ4v) is 4.18. The predicted octanol–water partition coefficient (Wildman–Crippen LogP) is 5.07. The summed E-state index contributed by atoms with van der Waals surface area (Å²) in [5.74, 6) is 2.25. The highest BCUT2D eigenvalue weighted by atomic mass is 16.5. The van der Waals surface area contributed by atoms with Gasteiger partial charge in [-0.3, -0.25) is 4.90 Å². The SMILES string of the molecule is CCOCCCN1C(=O)NC(c2ccc(OCC)cc2)C(c2nc(-c3cccc(OC)c3)no2)=C1C. The van der Waals surface area contributed by atoms with Gasteiger partial charge in [-0.1, -0.05) is 29.4 Å². The number of ether oxygens (including phenoxy) is 3. The van der Waals surface area contributed by atoms with Gasteiger partial charge >= 0.3 is 6.03 Å². The Hall–Kier alpha value is -3.85. The second-order valence-electron chi connectivity index (χ2n) is 8.24. The molecule has 1 N–H and O–H groups in total. The third-order valence-electron chi connectivity index (χ3n) is 5.98. The first-order valence-corrected chi connectivity index (χ1v) is 12.1. The second kappa shape index (κ2) is 11.7. The van der Waals surface area contributed by atoms with Gasteiger partial charge in [0, 0.05) is 31.0 Å². The minimum Gasteiger partial charge on any atom is -0.497 e. The summed E-state index contributed by atoms with van der Waals surface area (Å²) >= 11 is 0. The number of carbonyl (C=O) groups is 1. The summed E-state index contributed by atoms with van der Waals surface area (Å²) in [7, 11) is 1.61. The van der Waals surface area contributed by atoms with Gasteiger partial charge in [-0.25, -0.2) is 4.79 Å². The first-order chi connectivity index (χ1) is 17.5. The maximum atomic E-state index is 13.1. The van der Waals surface area contributed by atoms with E-state index < -0.39 is 6.04 Å². The molecule has 2 aromatic carbocycles. The molecule has 36 heavy (non-hydrogen) atoms. The topological polar surface area (TPSA) is 99.0 Å². The third kappa shape index (κ3) is 5.52. The number of nitrogens with one attached hydrogen (secondary N) is 1. The number of rotatable bonds is 11. The highest BCUT2D eigenvalue weighted by molar-refractivity contribution is 5.86. The zero-order chi connectivity index (χ0) is 25.5. The van der Waals surface area contributed by atoms with Crippen LogP contribution in [0, 0.1) is 0 Å². The Morgan fingerprint density at radius 2 is 1.89 bits per heavy atom. The van der Waals surface area contributed by atoms with Gasteiger partial charge in [-0.05, 0) is 57.0 Å². The zero-order valence-electron chi connectivity index (χ0n) is 21.1. The molecule has 1 atom stereocenters. The van der Waals surface area contributed by atoms with Crippen LogP contribution >= 0.6 is 0 Å². The average molecular weight is 493 g/mol. The summed E-state index contributed by atoms with van der Waals surface area (Å²) in [6.07, 6.45) is 0.707. The number of hydrogen-bond acceptors (Lipinski definition) is 7. The summed E-state index contributed by atoms with van der Waals surface area (Å²) in [5.41, 5.74) is 3.16. The number of methoxy groups -OCH3 is 1. The van der Waals surface area contributed by atoms with Crippen LogP contribution in [0.5, 0.6) is 11.5 Å².